The van der Waals surface area contributed by atoms with E-state index in [0.717, 1.165) is 22.6 Å². The maximum Gasteiger partial charge on any atom is 0.260 e. The van der Waals surface area contributed by atoms with E-state index < -0.39 is 0 Å². The fourth-order valence-corrected chi connectivity index (χ4v) is 3.35. The zero-order valence-electron chi connectivity index (χ0n) is 15.9. The zero-order chi connectivity index (χ0) is 20.3. The number of hydrogen-bond acceptors (Lipinski definition) is 3. The second kappa shape index (κ2) is 8.67. The monoisotopic (exact) mass is 417 g/mol. The maximum absolute atomic E-state index is 12.5. The molecule has 0 atom stereocenters. The normalized spacial score (nSPS) is 10.8. The van der Waals surface area contributed by atoms with Crippen LogP contribution in [0, 0.1) is 13.8 Å². The van der Waals surface area contributed by atoms with Gasteiger partial charge in [-0.25, -0.2) is 4.68 Å². The van der Waals surface area contributed by atoms with E-state index in [1.807, 2.05) is 48.9 Å². The van der Waals surface area contributed by atoms with Crippen LogP contribution in [0.5, 0.6) is 5.75 Å². The first-order valence-electron chi connectivity index (χ1n) is 8.79. The van der Waals surface area contributed by atoms with Gasteiger partial charge in [0.25, 0.3) is 5.91 Å². The molecule has 0 unspecified atom stereocenters. The summed E-state index contributed by atoms with van der Waals surface area (Å²) in [4.78, 5) is 14.1. The minimum atomic E-state index is -0.155. The Bertz CT molecular complexity index is 987. The molecule has 1 amide bonds. The third-order valence-corrected chi connectivity index (χ3v) is 5.04. The van der Waals surface area contributed by atoms with Crippen LogP contribution in [0.25, 0.3) is 5.69 Å². The summed E-state index contributed by atoms with van der Waals surface area (Å²) in [6.07, 6.45) is 0. The minimum Gasteiger partial charge on any atom is -0.482 e. The molecule has 0 radical (unpaired) electrons. The molecule has 0 saturated heterocycles. The first-order valence-corrected chi connectivity index (χ1v) is 9.54. The quantitative estimate of drug-likeness (QED) is 0.576. The molecule has 0 spiro atoms. The number of nitrogens with zero attached hydrogens (tertiary/aromatic N) is 3. The number of likely N-dealkylation sites (N-methyl/N-ethyl adjacent to an activating group) is 1. The van der Waals surface area contributed by atoms with E-state index in [1.165, 1.54) is 0 Å². The van der Waals surface area contributed by atoms with Gasteiger partial charge in [0, 0.05) is 29.9 Å². The summed E-state index contributed by atoms with van der Waals surface area (Å²) >= 11 is 12.0. The highest BCUT2D eigenvalue weighted by Gasteiger charge is 2.18. The van der Waals surface area contributed by atoms with Crippen LogP contribution in [0.1, 0.15) is 17.0 Å². The third kappa shape index (κ3) is 4.49. The van der Waals surface area contributed by atoms with Crippen LogP contribution in [-0.4, -0.2) is 34.2 Å². The largest absolute Gasteiger partial charge is 0.482 e. The summed E-state index contributed by atoms with van der Waals surface area (Å²) in [6, 6.07) is 14.8. The van der Waals surface area contributed by atoms with Crippen molar-refractivity contribution >= 4 is 29.1 Å². The average Bonchev–Trinajstić information content (AvgIpc) is 2.96. The van der Waals surface area contributed by atoms with E-state index >= 15 is 0 Å². The van der Waals surface area contributed by atoms with Crippen molar-refractivity contribution in [2.45, 2.75) is 20.4 Å². The number of aryl methyl sites for hydroxylation is 1. The molecule has 1 heterocycles. The van der Waals surface area contributed by atoms with Gasteiger partial charge in [0.2, 0.25) is 0 Å². The molecule has 0 N–H and O–H groups in total. The summed E-state index contributed by atoms with van der Waals surface area (Å²) in [5, 5.41) is 5.51. The van der Waals surface area contributed by atoms with Crippen molar-refractivity contribution in [1.29, 1.82) is 0 Å². The first kappa shape index (κ1) is 20.2. The molecule has 7 heteroatoms. The number of amides is 1. The Labute approximate surface area is 174 Å². The molecule has 0 aliphatic rings. The van der Waals surface area contributed by atoms with Crippen molar-refractivity contribution in [1.82, 2.24) is 14.7 Å². The number of benzene rings is 2. The van der Waals surface area contributed by atoms with E-state index in [4.69, 9.17) is 27.9 Å². The van der Waals surface area contributed by atoms with Crippen LogP contribution in [0.3, 0.4) is 0 Å². The van der Waals surface area contributed by atoms with Crippen molar-refractivity contribution in [3.05, 3.63) is 75.5 Å². The number of para-hydroxylation sites is 1. The minimum absolute atomic E-state index is 0.108. The molecule has 5 nitrogen and oxygen atoms in total. The summed E-state index contributed by atoms with van der Waals surface area (Å²) in [5.41, 5.74) is 3.90. The molecule has 1 aromatic heterocycles. The Kier molecular flexibility index (Phi) is 6.27. The van der Waals surface area contributed by atoms with Gasteiger partial charge in [0.15, 0.2) is 6.61 Å². The number of carbonyl (C=O) groups excluding carboxylic acids is 1. The smallest absolute Gasteiger partial charge is 0.260 e. The number of halogens is 2. The lowest BCUT2D eigenvalue weighted by molar-refractivity contribution is -0.132. The maximum atomic E-state index is 12.5. The molecular formula is C21H21Cl2N3O2. The molecule has 146 valence electrons. The molecule has 0 bridgehead atoms. The third-order valence-electron chi connectivity index (χ3n) is 4.51. The van der Waals surface area contributed by atoms with E-state index in [9.17, 15) is 4.79 Å². The van der Waals surface area contributed by atoms with Gasteiger partial charge < -0.3 is 9.64 Å². The van der Waals surface area contributed by atoms with Crippen LogP contribution in [-0.2, 0) is 11.3 Å². The standard InChI is InChI=1S/C21H21Cl2N3O2/c1-14-18(15(2)26(24-14)17-7-5-4-6-8-17)12-25(3)21(27)13-28-20-10-9-16(22)11-19(20)23/h4-11H,12-13H2,1-3H3. The molecule has 3 rings (SSSR count). The Morgan fingerprint density at radius 2 is 1.86 bits per heavy atom. The summed E-state index contributed by atoms with van der Waals surface area (Å²) < 4.78 is 7.44. The van der Waals surface area contributed by atoms with Crippen molar-refractivity contribution in [2.24, 2.45) is 0 Å². The summed E-state index contributed by atoms with van der Waals surface area (Å²) in [5.74, 6) is 0.273. The SMILES string of the molecule is Cc1nn(-c2ccccc2)c(C)c1CN(C)C(=O)COc1ccc(Cl)cc1Cl. The molecule has 0 saturated carbocycles. The number of rotatable bonds is 6. The number of ether oxygens (including phenoxy) is 1. The average molecular weight is 418 g/mol. The van der Waals surface area contributed by atoms with E-state index in [2.05, 4.69) is 5.10 Å². The topological polar surface area (TPSA) is 47.4 Å². The Balaban J connectivity index is 1.68. The lowest BCUT2D eigenvalue weighted by atomic mass is 10.2. The molecule has 0 aliphatic heterocycles. The van der Waals surface area contributed by atoms with Crippen LogP contribution in [0.15, 0.2) is 48.5 Å². The van der Waals surface area contributed by atoms with Gasteiger partial charge in [-0.3, -0.25) is 4.79 Å². The highest BCUT2D eigenvalue weighted by Crippen LogP contribution is 2.27. The predicted octanol–water partition coefficient (Wildman–Crippen LogP) is 4.83. The van der Waals surface area contributed by atoms with Crippen LogP contribution >= 0.6 is 23.2 Å². The number of carbonyl (C=O) groups is 1. The Morgan fingerprint density at radius 3 is 2.54 bits per heavy atom. The van der Waals surface area contributed by atoms with Crippen LogP contribution in [0.2, 0.25) is 10.0 Å². The second-order valence-corrected chi connectivity index (χ2v) is 7.35. The van der Waals surface area contributed by atoms with Crippen LogP contribution < -0.4 is 4.74 Å². The predicted molar refractivity (Wildman–Crippen MR) is 111 cm³/mol. The lowest BCUT2D eigenvalue weighted by Crippen LogP contribution is -2.31. The van der Waals surface area contributed by atoms with Crippen molar-refractivity contribution in [3.8, 4) is 11.4 Å². The van der Waals surface area contributed by atoms with Crippen LogP contribution in [0.4, 0.5) is 0 Å². The van der Waals surface area contributed by atoms with E-state index in [0.29, 0.717) is 22.3 Å². The highest BCUT2D eigenvalue weighted by atomic mass is 35.5. The zero-order valence-corrected chi connectivity index (χ0v) is 17.5. The van der Waals surface area contributed by atoms with Gasteiger partial charge in [-0.15, -0.1) is 0 Å². The van der Waals surface area contributed by atoms with Gasteiger partial charge in [-0.1, -0.05) is 41.4 Å². The fourth-order valence-electron chi connectivity index (χ4n) is 2.89. The van der Waals surface area contributed by atoms with Crippen molar-refractivity contribution in [2.75, 3.05) is 13.7 Å². The Morgan fingerprint density at radius 1 is 1.14 bits per heavy atom. The lowest BCUT2D eigenvalue weighted by Gasteiger charge is -2.18. The van der Waals surface area contributed by atoms with Gasteiger partial charge in [-0.2, -0.15) is 5.10 Å². The van der Waals surface area contributed by atoms with Gasteiger partial charge in [-0.05, 0) is 44.2 Å². The molecule has 0 fully saturated rings. The number of hydrogen-bond donors (Lipinski definition) is 0. The van der Waals surface area contributed by atoms with E-state index in [-0.39, 0.29) is 12.5 Å². The second-order valence-electron chi connectivity index (χ2n) is 6.51. The molecular weight excluding hydrogens is 397 g/mol. The summed E-state index contributed by atoms with van der Waals surface area (Å²) in [6.45, 7) is 4.29. The molecule has 3 aromatic rings. The molecule has 2 aromatic carbocycles. The first-order chi connectivity index (χ1) is 13.4. The number of aromatic nitrogens is 2. The summed E-state index contributed by atoms with van der Waals surface area (Å²) in [7, 11) is 1.74. The molecule has 28 heavy (non-hydrogen) atoms. The Hall–Kier alpha value is -2.50. The highest BCUT2D eigenvalue weighted by molar-refractivity contribution is 6.35. The molecule has 0 aliphatic carbocycles. The van der Waals surface area contributed by atoms with Crippen molar-refractivity contribution < 1.29 is 9.53 Å². The van der Waals surface area contributed by atoms with Gasteiger partial charge in [0.05, 0.1) is 16.4 Å². The fraction of sp³-hybridized carbons (Fsp3) is 0.238. The van der Waals surface area contributed by atoms with Gasteiger partial charge >= 0.3 is 0 Å². The van der Waals surface area contributed by atoms with E-state index in [1.54, 1.807) is 30.1 Å². The van der Waals surface area contributed by atoms with Gasteiger partial charge in [0.1, 0.15) is 5.75 Å². The van der Waals surface area contributed by atoms with Crippen molar-refractivity contribution in [3.63, 3.8) is 0 Å².